The monoisotopic (exact) mass is 390 g/mol. The molecular weight excluding hydrogens is 368 g/mol. The van der Waals surface area contributed by atoms with Crippen molar-refractivity contribution in [3.05, 3.63) is 29.3 Å². The number of methoxy groups -OCH3 is 5. The van der Waals surface area contributed by atoms with Gasteiger partial charge in [0.1, 0.15) is 11.7 Å². The highest BCUT2D eigenvalue weighted by Crippen LogP contribution is 2.56. The first-order chi connectivity index (χ1) is 13.5. The summed E-state index contributed by atoms with van der Waals surface area (Å²) in [6.07, 6.45) is -0.582. The second kappa shape index (κ2) is 7.75. The Hall–Kier alpha value is -3.29. The molecule has 1 N–H and O–H groups in total. The minimum Gasteiger partial charge on any atom is -0.504 e. The quantitative estimate of drug-likeness (QED) is 0.804. The van der Waals surface area contributed by atoms with Crippen molar-refractivity contribution in [2.75, 3.05) is 35.5 Å². The Labute approximate surface area is 162 Å². The van der Waals surface area contributed by atoms with Gasteiger partial charge >= 0.3 is 0 Å². The van der Waals surface area contributed by atoms with Crippen molar-refractivity contribution < 1.29 is 38.3 Å². The first kappa shape index (κ1) is 19.5. The van der Waals surface area contributed by atoms with E-state index in [4.69, 9.17) is 28.4 Å². The molecule has 1 unspecified atom stereocenters. The summed E-state index contributed by atoms with van der Waals surface area (Å²) in [5, 5.41) is 10.1. The van der Waals surface area contributed by atoms with E-state index in [0.717, 1.165) is 0 Å². The number of hydrogen-bond acceptors (Lipinski definition) is 8. The van der Waals surface area contributed by atoms with Gasteiger partial charge in [-0.3, -0.25) is 4.79 Å². The molecule has 150 valence electrons. The van der Waals surface area contributed by atoms with Crippen LogP contribution in [-0.4, -0.2) is 46.4 Å². The van der Waals surface area contributed by atoms with E-state index in [-0.39, 0.29) is 52.3 Å². The molecule has 0 bridgehead atoms. The zero-order chi connectivity index (χ0) is 20.4. The number of ether oxygens (including phenoxy) is 6. The van der Waals surface area contributed by atoms with Crippen LogP contribution in [0.5, 0.6) is 40.2 Å². The number of carbonyl (C=O) groups excluding carboxylic acids is 1. The number of phenolic OH excluding ortho intramolecular Hbond substituents is 1. The third-order valence-electron chi connectivity index (χ3n) is 4.58. The second-order valence-electron chi connectivity index (χ2n) is 6.00. The van der Waals surface area contributed by atoms with Crippen LogP contribution in [0.4, 0.5) is 0 Å². The number of benzene rings is 2. The van der Waals surface area contributed by atoms with E-state index >= 15 is 0 Å². The standard InChI is InChI=1S/C20H22O8/c1-23-13-7-6-10(8-11(13)21)14-9-12(22)15-16(24-2)18(25-3)20(27-5)19(26-4)17(15)28-14/h6-8,14,21H,9H2,1-5H3. The molecule has 1 heterocycles. The van der Waals surface area contributed by atoms with E-state index in [9.17, 15) is 9.90 Å². The van der Waals surface area contributed by atoms with Crippen molar-refractivity contribution >= 4 is 5.78 Å². The topological polar surface area (TPSA) is 92.7 Å². The molecule has 0 aromatic heterocycles. The molecule has 0 aliphatic carbocycles. The van der Waals surface area contributed by atoms with E-state index in [2.05, 4.69) is 0 Å². The molecule has 28 heavy (non-hydrogen) atoms. The minimum absolute atomic E-state index is 0.0429. The summed E-state index contributed by atoms with van der Waals surface area (Å²) in [6, 6.07) is 4.85. The maximum atomic E-state index is 13.0. The zero-order valence-corrected chi connectivity index (χ0v) is 16.3. The van der Waals surface area contributed by atoms with E-state index in [1.165, 1.54) is 41.6 Å². The lowest BCUT2D eigenvalue weighted by Crippen LogP contribution is -2.22. The van der Waals surface area contributed by atoms with Gasteiger partial charge in [-0.05, 0) is 17.7 Å². The van der Waals surface area contributed by atoms with Gasteiger partial charge in [0.15, 0.2) is 28.8 Å². The second-order valence-corrected chi connectivity index (χ2v) is 6.00. The average Bonchev–Trinajstić information content (AvgIpc) is 2.71. The first-order valence-electron chi connectivity index (χ1n) is 8.47. The molecule has 1 aliphatic heterocycles. The van der Waals surface area contributed by atoms with Gasteiger partial charge in [0.25, 0.3) is 0 Å². The number of ketones is 1. The summed E-state index contributed by atoms with van der Waals surface area (Å²) in [5.74, 6) is 1.23. The van der Waals surface area contributed by atoms with Crippen molar-refractivity contribution in [1.82, 2.24) is 0 Å². The maximum absolute atomic E-state index is 13.0. The first-order valence-corrected chi connectivity index (χ1v) is 8.47. The predicted octanol–water partition coefficient (Wildman–Crippen LogP) is 3.14. The minimum atomic E-state index is -0.631. The van der Waals surface area contributed by atoms with Gasteiger partial charge in [0.2, 0.25) is 17.2 Å². The molecule has 0 spiro atoms. The molecule has 0 radical (unpaired) electrons. The lowest BCUT2D eigenvalue weighted by Gasteiger charge is -2.29. The van der Waals surface area contributed by atoms with Crippen molar-refractivity contribution in [1.29, 1.82) is 0 Å². The Morgan fingerprint density at radius 3 is 2.04 bits per heavy atom. The van der Waals surface area contributed by atoms with Crippen LogP contribution >= 0.6 is 0 Å². The van der Waals surface area contributed by atoms with Crippen molar-refractivity contribution in [3.63, 3.8) is 0 Å². The highest BCUT2D eigenvalue weighted by Gasteiger charge is 2.38. The van der Waals surface area contributed by atoms with Gasteiger partial charge in [-0.2, -0.15) is 0 Å². The Bertz CT molecular complexity index is 906. The van der Waals surface area contributed by atoms with Crippen LogP contribution < -0.4 is 28.4 Å². The molecule has 2 aromatic rings. The summed E-state index contributed by atoms with van der Waals surface area (Å²) in [6.45, 7) is 0. The smallest absolute Gasteiger partial charge is 0.211 e. The molecule has 0 saturated carbocycles. The highest BCUT2D eigenvalue weighted by atomic mass is 16.6. The summed E-state index contributed by atoms with van der Waals surface area (Å²) in [5.41, 5.74) is 0.846. The van der Waals surface area contributed by atoms with Gasteiger partial charge in [0.05, 0.1) is 42.0 Å². The highest BCUT2D eigenvalue weighted by molar-refractivity contribution is 6.05. The molecule has 8 heteroatoms. The zero-order valence-electron chi connectivity index (χ0n) is 16.3. The van der Waals surface area contributed by atoms with Crippen LogP contribution in [0.3, 0.4) is 0 Å². The maximum Gasteiger partial charge on any atom is 0.211 e. The third kappa shape index (κ3) is 3.00. The molecule has 1 atom stereocenters. The van der Waals surface area contributed by atoms with Crippen molar-refractivity contribution in [2.45, 2.75) is 12.5 Å². The van der Waals surface area contributed by atoms with Crippen molar-refractivity contribution in [3.8, 4) is 40.2 Å². The number of hydrogen-bond donors (Lipinski definition) is 1. The van der Waals surface area contributed by atoms with Crippen molar-refractivity contribution in [2.24, 2.45) is 0 Å². The van der Waals surface area contributed by atoms with E-state index in [1.54, 1.807) is 12.1 Å². The van der Waals surface area contributed by atoms with E-state index in [0.29, 0.717) is 11.3 Å². The van der Waals surface area contributed by atoms with Crippen LogP contribution in [0, 0.1) is 0 Å². The number of aromatic hydroxyl groups is 1. The fourth-order valence-electron chi connectivity index (χ4n) is 3.30. The Morgan fingerprint density at radius 1 is 0.893 bits per heavy atom. The molecule has 8 nitrogen and oxygen atoms in total. The summed E-state index contributed by atoms with van der Waals surface area (Å²) < 4.78 is 32.9. The fourth-order valence-corrected chi connectivity index (χ4v) is 3.30. The van der Waals surface area contributed by atoms with Gasteiger partial charge < -0.3 is 33.5 Å². The van der Waals surface area contributed by atoms with E-state index < -0.39 is 6.10 Å². The van der Waals surface area contributed by atoms with Crippen LogP contribution in [0.2, 0.25) is 0 Å². The van der Waals surface area contributed by atoms with Gasteiger partial charge in [-0.1, -0.05) is 6.07 Å². The number of rotatable bonds is 6. The number of Topliss-reactive ketones (excluding diaryl/α,β-unsaturated/α-hetero) is 1. The van der Waals surface area contributed by atoms with Crippen LogP contribution in [0.1, 0.15) is 28.4 Å². The number of carbonyl (C=O) groups is 1. The Kier molecular flexibility index (Phi) is 5.39. The van der Waals surface area contributed by atoms with Crippen LogP contribution in [-0.2, 0) is 0 Å². The van der Waals surface area contributed by atoms with Crippen LogP contribution in [0.15, 0.2) is 18.2 Å². The molecular formula is C20H22O8. The number of fused-ring (bicyclic) bond motifs is 1. The largest absolute Gasteiger partial charge is 0.504 e. The van der Waals surface area contributed by atoms with Gasteiger partial charge in [-0.25, -0.2) is 0 Å². The third-order valence-corrected chi connectivity index (χ3v) is 4.58. The summed E-state index contributed by atoms with van der Waals surface area (Å²) >= 11 is 0. The normalized spacial score (nSPS) is 15.3. The Balaban J connectivity index is 2.16. The predicted molar refractivity (Wildman–Crippen MR) is 99.6 cm³/mol. The fraction of sp³-hybridized carbons (Fsp3) is 0.350. The van der Waals surface area contributed by atoms with Gasteiger partial charge in [0, 0.05) is 0 Å². The summed E-state index contributed by atoms with van der Waals surface area (Å²) in [4.78, 5) is 13.0. The lowest BCUT2D eigenvalue weighted by molar-refractivity contribution is 0.0833. The molecule has 0 fully saturated rings. The summed E-state index contributed by atoms with van der Waals surface area (Å²) in [7, 11) is 7.24. The Morgan fingerprint density at radius 2 is 1.50 bits per heavy atom. The molecule has 0 saturated heterocycles. The average molecular weight is 390 g/mol. The SMILES string of the molecule is COc1ccc(C2CC(=O)c3c(OC)c(OC)c(OC)c(OC)c3O2)cc1O. The number of phenols is 1. The van der Waals surface area contributed by atoms with Crippen LogP contribution in [0.25, 0.3) is 0 Å². The van der Waals surface area contributed by atoms with E-state index in [1.807, 2.05) is 0 Å². The molecule has 0 amide bonds. The molecule has 2 aromatic carbocycles. The molecule has 1 aliphatic rings. The molecule has 3 rings (SSSR count). The lowest BCUT2D eigenvalue weighted by atomic mass is 9.94. The van der Waals surface area contributed by atoms with Gasteiger partial charge in [-0.15, -0.1) is 0 Å².